The first-order valence-corrected chi connectivity index (χ1v) is 5.54. The van der Waals surface area contributed by atoms with Crippen LogP contribution in [0.4, 0.5) is 0 Å². The van der Waals surface area contributed by atoms with Crippen molar-refractivity contribution in [1.82, 2.24) is 0 Å². The fourth-order valence-electron chi connectivity index (χ4n) is 1.92. The lowest BCUT2D eigenvalue weighted by Gasteiger charge is -2.22. The van der Waals surface area contributed by atoms with Gasteiger partial charge >= 0.3 is 5.97 Å². The summed E-state index contributed by atoms with van der Waals surface area (Å²) in [7, 11) is 0. The van der Waals surface area contributed by atoms with Crippen LogP contribution in [0.15, 0.2) is 24.3 Å². The highest BCUT2D eigenvalue weighted by molar-refractivity contribution is 6.02. The van der Waals surface area contributed by atoms with Crippen molar-refractivity contribution in [1.29, 1.82) is 0 Å². The number of ether oxygens (including phenoxy) is 1. The molecule has 0 spiro atoms. The number of Topliss-reactive ketones (excluding diaryl/α,β-unsaturated/α-hetero) is 1. The van der Waals surface area contributed by atoms with Crippen LogP contribution in [0.5, 0.6) is 0 Å². The monoisotopic (exact) mass is 218 g/mol. The molecule has 1 aliphatic carbocycles. The number of carbonyl (C=O) groups excluding carboxylic acids is 2. The van der Waals surface area contributed by atoms with Gasteiger partial charge in [-0.05, 0) is 18.4 Å². The minimum atomic E-state index is -0.581. The average molecular weight is 218 g/mol. The summed E-state index contributed by atoms with van der Waals surface area (Å²) < 4.78 is 5.12. The number of esters is 1. The van der Waals surface area contributed by atoms with Crippen molar-refractivity contribution in [2.45, 2.75) is 32.3 Å². The highest BCUT2D eigenvalue weighted by atomic mass is 16.5. The van der Waals surface area contributed by atoms with E-state index in [2.05, 4.69) is 0 Å². The Kier molecular flexibility index (Phi) is 3.04. The number of benzene rings is 1. The van der Waals surface area contributed by atoms with E-state index < -0.39 is 6.10 Å². The van der Waals surface area contributed by atoms with Gasteiger partial charge in [0.25, 0.3) is 0 Å². The van der Waals surface area contributed by atoms with Crippen LogP contribution in [0.3, 0.4) is 0 Å². The van der Waals surface area contributed by atoms with Gasteiger partial charge in [-0.25, -0.2) is 0 Å². The quantitative estimate of drug-likeness (QED) is 0.714. The summed E-state index contributed by atoms with van der Waals surface area (Å²) in [4.78, 5) is 23.2. The van der Waals surface area contributed by atoms with E-state index in [1.54, 1.807) is 13.0 Å². The number of carbonyl (C=O) groups is 2. The summed E-state index contributed by atoms with van der Waals surface area (Å²) >= 11 is 0. The van der Waals surface area contributed by atoms with E-state index in [1.165, 1.54) is 0 Å². The topological polar surface area (TPSA) is 43.4 Å². The van der Waals surface area contributed by atoms with E-state index in [0.29, 0.717) is 18.4 Å². The molecule has 0 radical (unpaired) electrons. The number of rotatable bonds is 2. The Balaban J connectivity index is 2.18. The van der Waals surface area contributed by atoms with Crippen molar-refractivity contribution in [3.8, 4) is 0 Å². The third-order valence-corrected chi connectivity index (χ3v) is 2.81. The van der Waals surface area contributed by atoms with E-state index in [4.69, 9.17) is 4.74 Å². The second-order valence-corrected chi connectivity index (χ2v) is 3.89. The van der Waals surface area contributed by atoms with Gasteiger partial charge in [0.05, 0.1) is 0 Å². The Morgan fingerprint density at radius 3 is 2.94 bits per heavy atom. The maximum Gasteiger partial charge on any atom is 0.306 e. The van der Waals surface area contributed by atoms with Crippen LogP contribution in [-0.2, 0) is 16.0 Å². The second kappa shape index (κ2) is 4.47. The molecule has 1 aromatic rings. The van der Waals surface area contributed by atoms with Crippen molar-refractivity contribution >= 4 is 11.8 Å². The standard InChI is InChI=1S/C13H14O3/c1-2-12(14)16-11-8-7-9-5-3-4-6-10(9)13(11)15/h3-6,11H,2,7-8H2,1H3/t11-/m1/s1. The van der Waals surface area contributed by atoms with Gasteiger partial charge in [0.15, 0.2) is 6.10 Å². The maximum atomic E-state index is 12.0. The minimum absolute atomic E-state index is 0.0661. The molecule has 0 aromatic heterocycles. The highest BCUT2D eigenvalue weighted by Crippen LogP contribution is 2.23. The van der Waals surface area contributed by atoms with E-state index in [0.717, 1.165) is 12.0 Å². The van der Waals surface area contributed by atoms with Gasteiger partial charge in [0, 0.05) is 12.0 Å². The summed E-state index contributed by atoms with van der Waals surface area (Å²) in [6.07, 6.45) is 1.12. The van der Waals surface area contributed by atoms with Crippen molar-refractivity contribution < 1.29 is 14.3 Å². The minimum Gasteiger partial charge on any atom is -0.454 e. The molecule has 0 bridgehead atoms. The first-order chi connectivity index (χ1) is 7.72. The Morgan fingerprint density at radius 2 is 2.19 bits per heavy atom. The lowest BCUT2D eigenvalue weighted by atomic mass is 9.89. The predicted octanol–water partition coefficient (Wildman–Crippen LogP) is 2.14. The molecule has 84 valence electrons. The SMILES string of the molecule is CCC(=O)O[C@@H]1CCc2ccccc2C1=O. The first kappa shape index (κ1) is 10.9. The lowest BCUT2D eigenvalue weighted by molar-refractivity contribution is -0.146. The molecule has 2 rings (SSSR count). The van der Waals surface area contributed by atoms with Crippen LogP contribution in [0.25, 0.3) is 0 Å². The molecule has 3 heteroatoms. The van der Waals surface area contributed by atoms with Gasteiger partial charge < -0.3 is 4.74 Å². The van der Waals surface area contributed by atoms with Gasteiger partial charge in [-0.1, -0.05) is 31.2 Å². The molecule has 1 aliphatic rings. The number of hydrogen-bond donors (Lipinski definition) is 0. The van der Waals surface area contributed by atoms with Crippen molar-refractivity contribution in [3.05, 3.63) is 35.4 Å². The number of ketones is 1. The largest absolute Gasteiger partial charge is 0.454 e. The molecule has 1 aromatic carbocycles. The summed E-state index contributed by atoms with van der Waals surface area (Å²) in [5.41, 5.74) is 1.75. The molecule has 0 saturated carbocycles. The van der Waals surface area contributed by atoms with E-state index in [-0.39, 0.29) is 11.8 Å². The van der Waals surface area contributed by atoms with Gasteiger partial charge in [-0.2, -0.15) is 0 Å². The first-order valence-electron chi connectivity index (χ1n) is 5.54. The smallest absolute Gasteiger partial charge is 0.306 e. The van der Waals surface area contributed by atoms with Crippen molar-refractivity contribution in [3.63, 3.8) is 0 Å². The molecule has 0 amide bonds. The van der Waals surface area contributed by atoms with Gasteiger partial charge in [0.1, 0.15) is 0 Å². The molecule has 0 aliphatic heterocycles. The second-order valence-electron chi connectivity index (χ2n) is 3.89. The van der Waals surface area contributed by atoms with E-state index >= 15 is 0 Å². The number of fused-ring (bicyclic) bond motifs is 1. The van der Waals surface area contributed by atoms with Crippen LogP contribution in [0, 0.1) is 0 Å². The summed E-state index contributed by atoms with van der Waals surface area (Å²) in [5.74, 6) is -0.374. The Morgan fingerprint density at radius 1 is 1.44 bits per heavy atom. The molecule has 0 N–H and O–H groups in total. The normalized spacial score (nSPS) is 19.1. The van der Waals surface area contributed by atoms with Crippen LogP contribution >= 0.6 is 0 Å². The zero-order valence-electron chi connectivity index (χ0n) is 9.23. The Bertz CT molecular complexity index is 423. The molecule has 0 fully saturated rings. The number of hydrogen-bond acceptors (Lipinski definition) is 3. The van der Waals surface area contributed by atoms with Gasteiger partial charge in [-0.3, -0.25) is 9.59 Å². The predicted molar refractivity (Wildman–Crippen MR) is 59.3 cm³/mol. The van der Waals surface area contributed by atoms with Crippen LogP contribution in [0.1, 0.15) is 35.7 Å². The van der Waals surface area contributed by atoms with Gasteiger partial charge in [-0.15, -0.1) is 0 Å². The number of aryl methyl sites for hydroxylation is 1. The van der Waals surface area contributed by atoms with Crippen LogP contribution in [0.2, 0.25) is 0 Å². The lowest BCUT2D eigenvalue weighted by Crippen LogP contribution is -2.32. The van der Waals surface area contributed by atoms with E-state index in [1.807, 2.05) is 18.2 Å². The molecule has 1 atom stereocenters. The van der Waals surface area contributed by atoms with Crippen molar-refractivity contribution in [2.24, 2.45) is 0 Å². The molecule has 3 nitrogen and oxygen atoms in total. The maximum absolute atomic E-state index is 12.0. The Hall–Kier alpha value is -1.64. The van der Waals surface area contributed by atoms with E-state index in [9.17, 15) is 9.59 Å². The molecule has 16 heavy (non-hydrogen) atoms. The Labute approximate surface area is 94.4 Å². The molecule has 0 unspecified atom stereocenters. The van der Waals surface area contributed by atoms with Gasteiger partial charge in [0.2, 0.25) is 5.78 Å². The zero-order valence-corrected chi connectivity index (χ0v) is 9.23. The fourth-order valence-corrected chi connectivity index (χ4v) is 1.92. The molecule has 0 saturated heterocycles. The summed E-state index contributed by atoms with van der Waals surface area (Å²) in [6, 6.07) is 7.50. The van der Waals surface area contributed by atoms with Crippen LogP contribution < -0.4 is 0 Å². The zero-order chi connectivity index (χ0) is 11.5. The molecular formula is C13H14O3. The fraction of sp³-hybridized carbons (Fsp3) is 0.385. The average Bonchev–Trinajstić information content (AvgIpc) is 2.33. The summed E-state index contributed by atoms with van der Waals surface area (Å²) in [5, 5.41) is 0. The molecular weight excluding hydrogens is 204 g/mol. The highest BCUT2D eigenvalue weighted by Gasteiger charge is 2.29. The van der Waals surface area contributed by atoms with Crippen molar-refractivity contribution in [2.75, 3.05) is 0 Å². The van der Waals surface area contributed by atoms with Crippen LogP contribution in [-0.4, -0.2) is 17.9 Å². The third kappa shape index (κ3) is 1.98. The third-order valence-electron chi connectivity index (χ3n) is 2.81. The summed E-state index contributed by atoms with van der Waals surface area (Å²) in [6.45, 7) is 1.73. The molecule has 0 heterocycles.